The molecule has 0 spiro atoms. The standard InChI is InChI=1S/C10H6N2O2.Al.H/c13-10-8-6(3-5-12-10)14-7-2-1-4-11-9(7)8;;/h1-5H,(H,12,13);;/q;+1;/p-1. The molecule has 0 saturated carbocycles. The zero-order valence-electron chi connectivity index (χ0n) is 7.80. The molecular weight excluding hydrogens is 207 g/mol. The Balaban J connectivity index is 2.56. The van der Waals surface area contributed by atoms with Gasteiger partial charge in [0.2, 0.25) is 0 Å². The molecule has 0 amide bonds. The molecule has 0 atom stereocenters. The van der Waals surface area contributed by atoms with Crippen LogP contribution in [0.5, 0.6) is 5.88 Å². The van der Waals surface area contributed by atoms with Crippen molar-refractivity contribution in [1.82, 2.24) is 9.97 Å². The molecule has 0 aliphatic rings. The predicted molar refractivity (Wildman–Crippen MR) is 57.1 cm³/mol. The molecule has 0 aliphatic heterocycles. The molecule has 0 unspecified atom stereocenters. The van der Waals surface area contributed by atoms with Gasteiger partial charge in [0.25, 0.3) is 0 Å². The van der Waals surface area contributed by atoms with E-state index >= 15 is 0 Å². The first kappa shape index (κ1) is 8.72. The van der Waals surface area contributed by atoms with Gasteiger partial charge >= 0.3 is 16.6 Å². The highest BCUT2D eigenvalue weighted by Crippen LogP contribution is 2.31. The SMILES string of the molecule is [AlH][O]c1nccc2oc3cccnc3c12. The Morgan fingerprint density at radius 1 is 1.13 bits per heavy atom. The van der Waals surface area contributed by atoms with Gasteiger partial charge < -0.3 is 8.21 Å². The average Bonchev–Trinajstić information content (AvgIpc) is 2.67. The van der Waals surface area contributed by atoms with Crippen LogP contribution in [0.25, 0.3) is 22.1 Å². The van der Waals surface area contributed by atoms with Crippen LogP contribution in [0.2, 0.25) is 0 Å². The summed E-state index contributed by atoms with van der Waals surface area (Å²) in [7, 11) is 0. The largest absolute Gasteiger partial charge is 0.636 e. The summed E-state index contributed by atoms with van der Waals surface area (Å²) in [5, 5.41) is 0.836. The number of nitrogens with zero attached hydrogens (tertiary/aromatic N) is 2. The van der Waals surface area contributed by atoms with Crippen molar-refractivity contribution in [2.45, 2.75) is 0 Å². The van der Waals surface area contributed by atoms with Crippen LogP contribution in [-0.4, -0.2) is 26.6 Å². The molecule has 3 rings (SSSR count). The second-order valence-electron chi connectivity index (χ2n) is 3.09. The predicted octanol–water partition coefficient (Wildman–Crippen LogP) is 1.57. The Bertz CT molecular complexity index is 635. The van der Waals surface area contributed by atoms with Crippen LogP contribution in [0.15, 0.2) is 35.0 Å². The second kappa shape index (κ2) is 3.23. The van der Waals surface area contributed by atoms with E-state index in [1.807, 2.05) is 18.2 Å². The lowest BCUT2D eigenvalue weighted by Gasteiger charge is -2.00. The van der Waals surface area contributed by atoms with E-state index in [1.165, 1.54) is 16.6 Å². The van der Waals surface area contributed by atoms with E-state index in [-0.39, 0.29) is 0 Å². The maximum absolute atomic E-state index is 5.62. The van der Waals surface area contributed by atoms with Gasteiger partial charge in [0.1, 0.15) is 16.5 Å². The Hall–Kier alpha value is -1.57. The molecule has 0 bridgehead atoms. The van der Waals surface area contributed by atoms with Crippen molar-refractivity contribution in [3.8, 4) is 5.88 Å². The van der Waals surface area contributed by atoms with Crippen molar-refractivity contribution >= 4 is 38.7 Å². The number of aromatic nitrogens is 2. The minimum atomic E-state index is 0.559. The number of furan rings is 1. The molecule has 0 fully saturated rings. The highest BCUT2D eigenvalue weighted by Gasteiger charge is 2.11. The summed E-state index contributed by atoms with van der Waals surface area (Å²) in [6.07, 6.45) is 3.39. The van der Waals surface area contributed by atoms with Crippen molar-refractivity contribution < 1.29 is 8.21 Å². The maximum atomic E-state index is 5.62. The molecule has 3 heterocycles. The molecule has 3 aromatic rings. The third kappa shape index (κ3) is 1.21. The van der Waals surface area contributed by atoms with E-state index in [0.717, 1.165) is 22.1 Å². The second-order valence-corrected chi connectivity index (χ2v) is 3.37. The molecule has 4 nitrogen and oxygen atoms in total. The van der Waals surface area contributed by atoms with E-state index in [2.05, 4.69) is 9.97 Å². The Kier molecular flexibility index (Phi) is 1.88. The smallest absolute Gasteiger partial charge is 0.495 e. The molecule has 5 heteroatoms. The number of pyridine rings is 2. The van der Waals surface area contributed by atoms with Gasteiger partial charge in [-0.3, -0.25) is 4.98 Å². The van der Waals surface area contributed by atoms with E-state index < -0.39 is 0 Å². The van der Waals surface area contributed by atoms with Crippen LogP contribution in [0.4, 0.5) is 0 Å². The quantitative estimate of drug-likeness (QED) is 0.575. The van der Waals surface area contributed by atoms with Gasteiger partial charge in [-0.2, -0.15) is 0 Å². The molecule has 0 N–H and O–H groups in total. The van der Waals surface area contributed by atoms with Crippen LogP contribution >= 0.6 is 0 Å². The summed E-state index contributed by atoms with van der Waals surface area (Å²) in [6, 6.07) is 5.53. The number of hydrogen-bond acceptors (Lipinski definition) is 4. The van der Waals surface area contributed by atoms with Gasteiger partial charge in [0.15, 0.2) is 11.5 Å². The molecule has 15 heavy (non-hydrogen) atoms. The maximum Gasteiger partial charge on any atom is 0.495 e. The summed E-state index contributed by atoms with van der Waals surface area (Å²) >= 11 is 1.39. The monoisotopic (exact) mass is 213 g/mol. The van der Waals surface area contributed by atoms with Crippen LogP contribution in [0, 0.1) is 0 Å². The van der Waals surface area contributed by atoms with Crippen molar-refractivity contribution in [2.24, 2.45) is 0 Å². The minimum Gasteiger partial charge on any atom is -0.636 e. The van der Waals surface area contributed by atoms with Crippen LogP contribution in [0.3, 0.4) is 0 Å². The molecule has 71 valence electrons. The van der Waals surface area contributed by atoms with Crippen LogP contribution in [0.1, 0.15) is 0 Å². The lowest BCUT2D eigenvalue weighted by atomic mass is 10.3. The first-order valence-corrected chi connectivity index (χ1v) is 5.02. The summed E-state index contributed by atoms with van der Waals surface area (Å²) in [4.78, 5) is 8.40. The first-order chi connectivity index (χ1) is 7.40. The Morgan fingerprint density at radius 2 is 2.07 bits per heavy atom. The van der Waals surface area contributed by atoms with Crippen molar-refractivity contribution in [3.63, 3.8) is 0 Å². The van der Waals surface area contributed by atoms with Gasteiger partial charge in [0, 0.05) is 18.5 Å². The molecular formula is C10H6AlN2O2. The van der Waals surface area contributed by atoms with Gasteiger partial charge in [-0.25, -0.2) is 4.98 Å². The van der Waals surface area contributed by atoms with Crippen LogP contribution < -0.4 is 3.79 Å². The fraction of sp³-hybridized carbons (Fsp3) is 0. The van der Waals surface area contributed by atoms with Crippen molar-refractivity contribution in [1.29, 1.82) is 0 Å². The average molecular weight is 213 g/mol. The highest BCUT2D eigenvalue weighted by atomic mass is 27.1. The molecule has 1 radical (unpaired) electrons. The fourth-order valence-electron chi connectivity index (χ4n) is 1.62. The third-order valence-corrected chi connectivity index (χ3v) is 2.52. The van der Waals surface area contributed by atoms with E-state index in [1.54, 1.807) is 12.4 Å². The fourth-order valence-corrected chi connectivity index (χ4v) is 1.84. The zero-order valence-corrected chi connectivity index (χ0v) is 9.22. The van der Waals surface area contributed by atoms with Gasteiger partial charge in [-0.15, -0.1) is 0 Å². The molecule has 0 aliphatic carbocycles. The van der Waals surface area contributed by atoms with Gasteiger partial charge in [-0.05, 0) is 12.1 Å². The first-order valence-electron chi connectivity index (χ1n) is 4.44. The summed E-state index contributed by atoms with van der Waals surface area (Å²) in [5.41, 5.74) is 2.30. The number of rotatable bonds is 1. The van der Waals surface area contributed by atoms with E-state index in [9.17, 15) is 0 Å². The number of fused-ring (bicyclic) bond motifs is 3. The molecule has 0 saturated heterocycles. The van der Waals surface area contributed by atoms with E-state index in [4.69, 9.17) is 8.21 Å². The lowest BCUT2D eigenvalue weighted by Crippen LogP contribution is -1.89. The third-order valence-electron chi connectivity index (χ3n) is 2.24. The number of hydrogen-bond donors (Lipinski definition) is 0. The Labute approximate surface area is 93.6 Å². The molecule has 0 aromatic carbocycles. The van der Waals surface area contributed by atoms with Crippen LogP contribution in [-0.2, 0) is 0 Å². The summed E-state index contributed by atoms with van der Waals surface area (Å²) < 4.78 is 10.8. The Morgan fingerprint density at radius 3 is 2.93 bits per heavy atom. The summed E-state index contributed by atoms with van der Waals surface area (Å²) in [6.45, 7) is 0. The topological polar surface area (TPSA) is 48.2 Å². The summed E-state index contributed by atoms with van der Waals surface area (Å²) in [5.74, 6) is 0.559. The van der Waals surface area contributed by atoms with Crippen molar-refractivity contribution in [3.05, 3.63) is 30.6 Å². The normalized spacial score (nSPS) is 10.9. The van der Waals surface area contributed by atoms with Crippen molar-refractivity contribution in [2.75, 3.05) is 0 Å². The molecule has 3 aromatic heterocycles. The van der Waals surface area contributed by atoms with Gasteiger partial charge in [0.05, 0.1) is 0 Å². The minimum absolute atomic E-state index is 0.559. The highest BCUT2D eigenvalue weighted by molar-refractivity contribution is 6.08. The van der Waals surface area contributed by atoms with Gasteiger partial charge in [-0.1, -0.05) is 0 Å². The zero-order chi connectivity index (χ0) is 10.3. The lowest BCUT2D eigenvalue weighted by molar-refractivity contribution is 0.594. The van der Waals surface area contributed by atoms with E-state index in [0.29, 0.717) is 5.88 Å².